The van der Waals surface area contributed by atoms with Crippen LogP contribution in [0.1, 0.15) is 26.3 Å². The average Bonchev–Trinajstić information content (AvgIpc) is 3.17. The van der Waals surface area contributed by atoms with E-state index in [2.05, 4.69) is 104 Å². The van der Waals surface area contributed by atoms with Gasteiger partial charge in [0.2, 0.25) is 5.71 Å². The van der Waals surface area contributed by atoms with Gasteiger partial charge in [0, 0.05) is 16.3 Å². The van der Waals surface area contributed by atoms with Crippen LogP contribution in [0.25, 0.3) is 54.9 Å². The van der Waals surface area contributed by atoms with E-state index in [1.165, 1.54) is 21.7 Å². The molecule has 3 nitrogen and oxygen atoms in total. The van der Waals surface area contributed by atoms with Crippen molar-refractivity contribution in [2.75, 3.05) is 0 Å². The molecule has 0 aliphatic rings. The first-order chi connectivity index (χ1) is 15.0. The Bertz CT molecular complexity index is 1620. The van der Waals surface area contributed by atoms with Gasteiger partial charge in [0.05, 0.1) is 11.1 Å². The first-order valence-corrected chi connectivity index (χ1v) is 10.6. The first kappa shape index (κ1) is 18.1. The maximum Gasteiger partial charge on any atom is 0.231 e. The van der Waals surface area contributed by atoms with E-state index in [0.717, 1.165) is 33.0 Å². The second-order valence-corrected chi connectivity index (χ2v) is 9.19. The van der Waals surface area contributed by atoms with E-state index in [1.54, 1.807) is 6.33 Å². The van der Waals surface area contributed by atoms with Crippen molar-refractivity contribution in [3.63, 3.8) is 0 Å². The van der Waals surface area contributed by atoms with Crippen molar-refractivity contribution < 1.29 is 4.42 Å². The summed E-state index contributed by atoms with van der Waals surface area (Å²) in [5.74, 6) is 0. The summed E-state index contributed by atoms with van der Waals surface area (Å²) in [5, 5.41) is 6.72. The van der Waals surface area contributed by atoms with Crippen molar-refractivity contribution in [1.82, 2.24) is 9.97 Å². The first-order valence-electron chi connectivity index (χ1n) is 10.6. The molecule has 3 heteroatoms. The summed E-state index contributed by atoms with van der Waals surface area (Å²) >= 11 is 0. The Labute approximate surface area is 180 Å². The fourth-order valence-electron chi connectivity index (χ4n) is 4.41. The average molecular weight is 402 g/mol. The van der Waals surface area contributed by atoms with Crippen molar-refractivity contribution >= 4 is 43.6 Å². The minimum atomic E-state index is 0.0679. The van der Waals surface area contributed by atoms with Crippen molar-refractivity contribution in [1.29, 1.82) is 0 Å². The van der Waals surface area contributed by atoms with E-state index in [0.29, 0.717) is 5.71 Å². The summed E-state index contributed by atoms with van der Waals surface area (Å²) in [6, 6.07) is 25.8. The highest BCUT2D eigenvalue weighted by Crippen LogP contribution is 2.39. The van der Waals surface area contributed by atoms with E-state index in [9.17, 15) is 0 Å². The van der Waals surface area contributed by atoms with Gasteiger partial charge in [0.15, 0.2) is 0 Å². The fourth-order valence-corrected chi connectivity index (χ4v) is 4.41. The quantitative estimate of drug-likeness (QED) is 0.283. The number of hydrogen-bond acceptors (Lipinski definition) is 3. The highest BCUT2D eigenvalue weighted by atomic mass is 16.3. The summed E-state index contributed by atoms with van der Waals surface area (Å²) in [4.78, 5) is 9.14. The van der Waals surface area contributed by atoms with E-state index < -0.39 is 0 Å². The number of aromatic nitrogens is 2. The molecule has 31 heavy (non-hydrogen) atoms. The molecular formula is C28H22N2O. The Hall–Kier alpha value is -3.72. The molecule has 0 aliphatic carbocycles. The lowest BCUT2D eigenvalue weighted by Gasteiger charge is -2.19. The maximum absolute atomic E-state index is 6.33. The predicted octanol–water partition coefficient (Wildman–Crippen LogP) is 7.65. The van der Waals surface area contributed by atoms with Gasteiger partial charge in [-0.05, 0) is 45.3 Å². The van der Waals surface area contributed by atoms with E-state index >= 15 is 0 Å². The van der Waals surface area contributed by atoms with Crippen LogP contribution in [0.3, 0.4) is 0 Å². The lowest BCUT2D eigenvalue weighted by molar-refractivity contribution is 0.591. The van der Waals surface area contributed by atoms with Gasteiger partial charge in [0.25, 0.3) is 0 Å². The molecule has 0 saturated heterocycles. The SMILES string of the molecule is CC(C)(C)c1ccc2ccc3c(oc4ncnc(-c5ccc6ccccc6c5)c43)c2c1. The van der Waals surface area contributed by atoms with E-state index in [-0.39, 0.29) is 5.41 Å². The smallest absolute Gasteiger partial charge is 0.231 e. The molecule has 150 valence electrons. The molecule has 0 atom stereocenters. The third-order valence-corrected chi connectivity index (χ3v) is 6.14. The zero-order valence-electron chi connectivity index (χ0n) is 17.8. The third-order valence-electron chi connectivity index (χ3n) is 6.14. The van der Waals surface area contributed by atoms with Gasteiger partial charge >= 0.3 is 0 Å². The molecule has 0 fully saturated rings. The molecule has 0 amide bonds. The molecule has 0 radical (unpaired) electrons. The van der Waals surface area contributed by atoms with Crippen molar-refractivity contribution in [2.24, 2.45) is 0 Å². The number of hydrogen-bond donors (Lipinski definition) is 0. The Morgan fingerprint density at radius 1 is 0.710 bits per heavy atom. The Morgan fingerprint density at radius 2 is 1.48 bits per heavy atom. The van der Waals surface area contributed by atoms with Gasteiger partial charge in [-0.1, -0.05) is 75.4 Å². The Balaban J connectivity index is 1.67. The number of furan rings is 1. The van der Waals surface area contributed by atoms with Crippen LogP contribution < -0.4 is 0 Å². The zero-order valence-corrected chi connectivity index (χ0v) is 17.8. The highest BCUT2D eigenvalue weighted by molar-refractivity contribution is 6.18. The molecule has 0 N–H and O–H groups in total. The number of fused-ring (bicyclic) bond motifs is 6. The highest BCUT2D eigenvalue weighted by Gasteiger charge is 2.19. The standard InChI is InChI=1S/C28H22N2O/c1-28(2,3)21-12-10-18-11-13-22-24-25(20-9-8-17-6-4-5-7-19(17)14-20)29-16-30-27(24)31-26(22)23(18)15-21/h4-16H,1-3H3. The third kappa shape index (κ3) is 2.81. The van der Waals surface area contributed by atoms with Crippen LogP contribution in [0.15, 0.2) is 83.5 Å². The number of benzene rings is 4. The molecule has 0 aliphatic heterocycles. The number of rotatable bonds is 1. The molecular weight excluding hydrogens is 380 g/mol. The van der Waals surface area contributed by atoms with Gasteiger partial charge in [0.1, 0.15) is 11.9 Å². The zero-order chi connectivity index (χ0) is 21.2. The van der Waals surface area contributed by atoms with Gasteiger partial charge in [-0.2, -0.15) is 0 Å². The number of nitrogens with zero attached hydrogens (tertiary/aromatic N) is 2. The predicted molar refractivity (Wildman–Crippen MR) is 128 cm³/mol. The largest absolute Gasteiger partial charge is 0.437 e. The summed E-state index contributed by atoms with van der Waals surface area (Å²) in [6.45, 7) is 6.70. The van der Waals surface area contributed by atoms with Gasteiger partial charge < -0.3 is 4.42 Å². The summed E-state index contributed by atoms with van der Waals surface area (Å²) in [6.07, 6.45) is 1.60. The van der Waals surface area contributed by atoms with Crippen LogP contribution in [0.5, 0.6) is 0 Å². The molecule has 0 spiro atoms. The lowest BCUT2D eigenvalue weighted by atomic mass is 9.85. The van der Waals surface area contributed by atoms with Crippen molar-refractivity contribution in [3.8, 4) is 11.3 Å². The summed E-state index contributed by atoms with van der Waals surface area (Å²) in [7, 11) is 0. The van der Waals surface area contributed by atoms with Crippen LogP contribution >= 0.6 is 0 Å². The summed E-state index contributed by atoms with van der Waals surface area (Å²) < 4.78 is 6.33. The van der Waals surface area contributed by atoms with E-state index in [1.807, 2.05) is 0 Å². The Morgan fingerprint density at radius 3 is 2.32 bits per heavy atom. The second-order valence-electron chi connectivity index (χ2n) is 9.19. The van der Waals surface area contributed by atoms with Gasteiger partial charge in [-0.15, -0.1) is 0 Å². The second kappa shape index (κ2) is 6.39. The van der Waals surface area contributed by atoms with Crippen LogP contribution in [0.4, 0.5) is 0 Å². The van der Waals surface area contributed by atoms with Gasteiger partial charge in [-0.3, -0.25) is 0 Å². The minimum absolute atomic E-state index is 0.0679. The van der Waals surface area contributed by atoms with E-state index in [4.69, 9.17) is 4.42 Å². The Kier molecular flexibility index (Phi) is 3.73. The van der Waals surface area contributed by atoms with Crippen LogP contribution in [-0.2, 0) is 5.41 Å². The van der Waals surface area contributed by atoms with Crippen molar-refractivity contribution in [2.45, 2.75) is 26.2 Å². The topological polar surface area (TPSA) is 38.9 Å². The molecule has 0 unspecified atom stereocenters. The normalized spacial score (nSPS) is 12.4. The monoisotopic (exact) mass is 402 g/mol. The van der Waals surface area contributed by atoms with Gasteiger partial charge in [-0.25, -0.2) is 9.97 Å². The van der Waals surface area contributed by atoms with Crippen molar-refractivity contribution in [3.05, 3.63) is 84.7 Å². The molecule has 6 aromatic rings. The molecule has 4 aromatic carbocycles. The maximum atomic E-state index is 6.33. The summed E-state index contributed by atoms with van der Waals surface area (Å²) in [5.41, 5.74) is 4.83. The fraction of sp³-hybridized carbons (Fsp3) is 0.143. The van der Waals surface area contributed by atoms with Crippen LogP contribution in [-0.4, -0.2) is 9.97 Å². The molecule has 2 heterocycles. The van der Waals surface area contributed by atoms with Crippen LogP contribution in [0.2, 0.25) is 0 Å². The molecule has 6 rings (SSSR count). The minimum Gasteiger partial charge on any atom is -0.437 e. The molecule has 0 saturated carbocycles. The molecule has 2 aromatic heterocycles. The lowest BCUT2D eigenvalue weighted by Crippen LogP contribution is -2.10. The van der Waals surface area contributed by atoms with Crippen LogP contribution in [0, 0.1) is 0 Å². The molecule has 0 bridgehead atoms.